The summed E-state index contributed by atoms with van der Waals surface area (Å²) in [6, 6.07) is 16.5. The van der Waals surface area contributed by atoms with Gasteiger partial charge in [0.15, 0.2) is 0 Å². The number of carbonyl (C=O) groups excluding carboxylic acids is 2. The number of hydrogen-bond acceptors (Lipinski definition) is 4. The molecule has 0 saturated heterocycles. The fourth-order valence-electron chi connectivity index (χ4n) is 2.65. The maximum Gasteiger partial charge on any atom is 0.267 e. The second-order valence-electron chi connectivity index (χ2n) is 6.40. The molecule has 0 aliphatic heterocycles. The Bertz CT molecular complexity index is 1030. The molecule has 154 valence electrons. The van der Waals surface area contributed by atoms with Crippen molar-refractivity contribution >= 4 is 29.2 Å². The molecule has 5 nitrogen and oxygen atoms in total. The smallest absolute Gasteiger partial charge is 0.267 e. The van der Waals surface area contributed by atoms with E-state index in [1.807, 2.05) is 36.6 Å². The number of benzene rings is 2. The molecule has 0 aliphatic rings. The van der Waals surface area contributed by atoms with Crippen LogP contribution in [0.5, 0.6) is 5.75 Å². The van der Waals surface area contributed by atoms with Crippen LogP contribution in [0.25, 0.3) is 6.08 Å². The average molecular weight is 424 g/mol. The number of nitrogens with one attached hydrogen (secondary N) is 2. The van der Waals surface area contributed by atoms with Crippen molar-refractivity contribution in [3.8, 4) is 5.75 Å². The second kappa shape index (κ2) is 10.4. The van der Waals surface area contributed by atoms with Crippen LogP contribution in [0.4, 0.5) is 4.39 Å². The van der Waals surface area contributed by atoms with Gasteiger partial charge in [0.05, 0.1) is 6.54 Å². The van der Waals surface area contributed by atoms with Gasteiger partial charge in [-0.3, -0.25) is 9.59 Å². The lowest BCUT2D eigenvalue weighted by atomic mass is 10.1. The van der Waals surface area contributed by atoms with Crippen molar-refractivity contribution in [2.75, 3.05) is 13.2 Å². The molecule has 0 fully saturated rings. The molecular weight excluding hydrogens is 403 g/mol. The SMILES string of the molecule is Cc1ccccc1C(=O)N/C(=C\c1cccs1)C(=O)NCCOc1ccc(F)cc1. The highest BCUT2D eigenvalue weighted by Crippen LogP contribution is 2.14. The maximum absolute atomic E-state index is 12.9. The number of halogens is 1. The molecule has 30 heavy (non-hydrogen) atoms. The first-order valence-electron chi connectivity index (χ1n) is 9.31. The number of ether oxygens (including phenoxy) is 1. The minimum atomic E-state index is -0.423. The lowest BCUT2D eigenvalue weighted by Crippen LogP contribution is -2.36. The molecule has 2 amide bonds. The zero-order valence-corrected chi connectivity index (χ0v) is 17.2. The van der Waals surface area contributed by atoms with Gasteiger partial charge in [0.1, 0.15) is 23.9 Å². The molecule has 0 spiro atoms. The van der Waals surface area contributed by atoms with Crippen LogP contribution in [0.15, 0.2) is 71.7 Å². The molecule has 3 rings (SSSR count). The molecule has 0 bridgehead atoms. The summed E-state index contributed by atoms with van der Waals surface area (Å²) in [4.78, 5) is 26.2. The highest BCUT2D eigenvalue weighted by atomic mass is 32.1. The van der Waals surface area contributed by atoms with Crippen molar-refractivity contribution in [2.45, 2.75) is 6.92 Å². The van der Waals surface area contributed by atoms with E-state index in [0.29, 0.717) is 11.3 Å². The molecule has 0 radical (unpaired) electrons. The van der Waals surface area contributed by atoms with Crippen molar-refractivity contribution < 1.29 is 18.7 Å². The third kappa shape index (κ3) is 6.02. The largest absolute Gasteiger partial charge is 0.492 e. The molecular formula is C23H21FN2O3S. The number of aryl methyl sites for hydroxylation is 1. The standard InChI is InChI=1S/C23H21FN2O3S/c1-16-5-2-3-7-20(16)22(27)26-21(15-19-6-4-14-30-19)23(28)25-12-13-29-18-10-8-17(24)9-11-18/h2-11,14-15H,12-13H2,1H3,(H,25,28)(H,26,27)/b21-15-. The molecule has 2 N–H and O–H groups in total. The minimum absolute atomic E-state index is 0.146. The number of amides is 2. The van der Waals surface area contributed by atoms with Crippen LogP contribution in [-0.4, -0.2) is 25.0 Å². The third-order valence-electron chi connectivity index (χ3n) is 4.18. The summed E-state index contributed by atoms with van der Waals surface area (Å²) in [6.07, 6.45) is 1.64. The first kappa shape index (κ1) is 21.3. The van der Waals surface area contributed by atoms with Crippen LogP contribution in [0.1, 0.15) is 20.8 Å². The van der Waals surface area contributed by atoms with E-state index in [9.17, 15) is 14.0 Å². The van der Waals surface area contributed by atoms with Crippen molar-refractivity contribution in [2.24, 2.45) is 0 Å². The molecule has 2 aromatic carbocycles. The Labute approximate surface area is 178 Å². The van der Waals surface area contributed by atoms with Gasteiger partial charge in [-0.15, -0.1) is 11.3 Å². The summed E-state index contributed by atoms with van der Waals surface area (Å²) in [5, 5.41) is 7.33. The van der Waals surface area contributed by atoms with Crippen molar-refractivity contribution in [3.63, 3.8) is 0 Å². The third-order valence-corrected chi connectivity index (χ3v) is 5.00. The monoisotopic (exact) mass is 424 g/mol. The summed E-state index contributed by atoms with van der Waals surface area (Å²) in [6.45, 7) is 2.26. The van der Waals surface area contributed by atoms with Crippen LogP contribution in [-0.2, 0) is 4.79 Å². The maximum atomic E-state index is 12.9. The second-order valence-corrected chi connectivity index (χ2v) is 7.38. The average Bonchev–Trinajstić information content (AvgIpc) is 3.25. The van der Waals surface area contributed by atoms with Gasteiger partial charge >= 0.3 is 0 Å². The zero-order chi connectivity index (χ0) is 21.3. The van der Waals surface area contributed by atoms with E-state index in [1.54, 1.807) is 18.2 Å². The molecule has 1 heterocycles. The predicted molar refractivity (Wildman–Crippen MR) is 116 cm³/mol. The van der Waals surface area contributed by atoms with Gasteiger partial charge in [-0.2, -0.15) is 0 Å². The number of hydrogen-bond donors (Lipinski definition) is 2. The Hall–Kier alpha value is -3.45. The topological polar surface area (TPSA) is 67.4 Å². The van der Waals surface area contributed by atoms with E-state index in [2.05, 4.69) is 10.6 Å². The van der Waals surface area contributed by atoms with Crippen LogP contribution in [0.3, 0.4) is 0 Å². The van der Waals surface area contributed by atoms with Crippen molar-refractivity contribution in [3.05, 3.63) is 93.6 Å². The van der Waals surface area contributed by atoms with Crippen molar-refractivity contribution in [1.82, 2.24) is 10.6 Å². The first-order valence-corrected chi connectivity index (χ1v) is 10.2. The van der Waals surface area contributed by atoms with Gasteiger partial charge < -0.3 is 15.4 Å². The summed E-state index contributed by atoms with van der Waals surface area (Å²) in [5.41, 5.74) is 1.47. The molecule has 1 aromatic heterocycles. The normalized spacial score (nSPS) is 11.1. The fraction of sp³-hybridized carbons (Fsp3) is 0.130. The van der Waals surface area contributed by atoms with Gasteiger partial charge in [-0.1, -0.05) is 24.3 Å². The van der Waals surface area contributed by atoms with Gasteiger partial charge in [-0.25, -0.2) is 4.39 Å². The van der Waals surface area contributed by atoms with Crippen LogP contribution in [0, 0.1) is 12.7 Å². The first-order chi connectivity index (χ1) is 14.5. The Morgan fingerprint density at radius 2 is 1.83 bits per heavy atom. The highest BCUT2D eigenvalue weighted by molar-refractivity contribution is 7.10. The highest BCUT2D eigenvalue weighted by Gasteiger charge is 2.16. The lowest BCUT2D eigenvalue weighted by molar-refractivity contribution is -0.117. The van der Waals surface area contributed by atoms with Gasteiger partial charge in [-0.05, 0) is 60.3 Å². The Kier molecular flexibility index (Phi) is 7.34. The quantitative estimate of drug-likeness (QED) is 0.421. The number of carbonyl (C=O) groups is 2. The van der Waals surface area contributed by atoms with Crippen LogP contribution in [0.2, 0.25) is 0 Å². The minimum Gasteiger partial charge on any atom is -0.492 e. The zero-order valence-electron chi connectivity index (χ0n) is 16.4. The molecule has 0 aliphatic carbocycles. The fourth-order valence-corrected chi connectivity index (χ4v) is 3.31. The lowest BCUT2D eigenvalue weighted by Gasteiger charge is -2.12. The molecule has 3 aromatic rings. The number of rotatable bonds is 8. The summed E-state index contributed by atoms with van der Waals surface area (Å²) in [5.74, 6) is -0.613. The predicted octanol–water partition coefficient (Wildman–Crippen LogP) is 4.16. The number of thiophene rings is 1. The molecule has 0 atom stereocenters. The molecule has 7 heteroatoms. The Morgan fingerprint density at radius 1 is 1.07 bits per heavy atom. The van der Waals surface area contributed by atoms with Crippen LogP contribution < -0.4 is 15.4 Å². The van der Waals surface area contributed by atoms with Gasteiger partial charge in [0.2, 0.25) is 0 Å². The van der Waals surface area contributed by atoms with Gasteiger partial charge in [0, 0.05) is 10.4 Å². The van der Waals surface area contributed by atoms with Crippen LogP contribution >= 0.6 is 11.3 Å². The van der Waals surface area contributed by atoms with E-state index >= 15 is 0 Å². The van der Waals surface area contributed by atoms with E-state index in [1.165, 1.54) is 35.6 Å². The van der Waals surface area contributed by atoms with Crippen molar-refractivity contribution in [1.29, 1.82) is 0 Å². The summed E-state index contributed by atoms with van der Waals surface area (Å²) >= 11 is 1.46. The summed E-state index contributed by atoms with van der Waals surface area (Å²) in [7, 11) is 0. The summed E-state index contributed by atoms with van der Waals surface area (Å²) < 4.78 is 18.4. The van der Waals surface area contributed by atoms with E-state index in [0.717, 1.165) is 10.4 Å². The van der Waals surface area contributed by atoms with E-state index in [-0.39, 0.29) is 30.6 Å². The molecule has 0 saturated carbocycles. The van der Waals surface area contributed by atoms with E-state index < -0.39 is 5.91 Å². The molecule has 0 unspecified atom stereocenters. The Morgan fingerprint density at radius 3 is 2.53 bits per heavy atom. The van der Waals surface area contributed by atoms with Gasteiger partial charge in [0.25, 0.3) is 11.8 Å². The van der Waals surface area contributed by atoms with E-state index in [4.69, 9.17) is 4.74 Å². The Balaban J connectivity index is 1.63.